The second-order valence-electron chi connectivity index (χ2n) is 9.86. The second kappa shape index (κ2) is 7.58. The van der Waals surface area contributed by atoms with Gasteiger partial charge >= 0.3 is 12.1 Å². The van der Waals surface area contributed by atoms with Crippen LogP contribution in [0.25, 0.3) is 0 Å². The predicted molar refractivity (Wildman–Crippen MR) is 110 cm³/mol. The predicted octanol–water partition coefficient (Wildman–Crippen LogP) is 5.29. The lowest BCUT2D eigenvalue weighted by Crippen LogP contribution is -2.60. The van der Waals surface area contributed by atoms with E-state index in [9.17, 15) is 26.4 Å². The van der Waals surface area contributed by atoms with Crippen LogP contribution in [0, 0.1) is 30.1 Å². The van der Waals surface area contributed by atoms with E-state index in [0.29, 0.717) is 42.6 Å². The van der Waals surface area contributed by atoms with Crippen LogP contribution in [0.5, 0.6) is 0 Å². The van der Waals surface area contributed by atoms with E-state index < -0.39 is 39.0 Å². The summed E-state index contributed by atoms with van der Waals surface area (Å²) in [5.74, 6) is -2.85. The molecular formula is C23H27F3O5S. The van der Waals surface area contributed by atoms with Crippen LogP contribution in [0.1, 0.15) is 51.0 Å². The molecule has 0 saturated heterocycles. The molecule has 176 valence electrons. The molecule has 0 amide bonds. The van der Waals surface area contributed by atoms with Gasteiger partial charge in [-0.15, -0.1) is 0 Å². The third-order valence-electron chi connectivity index (χ3n) is 7.42. The number of aryl methyl sites for hydroxylation is 1. The van der Waals surface area contributed by atoms with Gasteiger partial charge in [0.25, 0.3) is 10.1 Å². The van der Waals surface area contributed by atoms with Gasteiger partial charge in [-0.1, -0.05) is 18.7 Å². The molecule has 1 aromatic rings. The van der Waals surface area contributed by atoms with Crippen molar-refractivity contribution in [1.82, 2.24) is 0 Å². The molecule has 0 heterocycles. The summed E-state index contributed by atoms with van der Waals surface area (Å²) in [7, 11) is -4.43. The minimum Gasteiger partial charge on any atom is -0.428 e. The molecule has 9 heteroatoms. The topological polar surface area (TPSA) is 69.7 Å². The van der Waals surface area contributed by atoms with Crippen molar-refractivity contribution in [2.24, 2.45) is 23.2 Å². The SMILES string of the molecule is C=C(C(=O)OC(C)(OS(=O)(=O)c1cccc(C)c1)C12CC3CC(CC(C3)C1)C2)C(F)(F)F. The Balaban J connectivity index is 1.73. The summed E-state index contributed by atoms with van der Waals surface area (Å²) >= 11 is 0. The van der Waals surface area contributed by atoms with Crippen LogP contribution < -0.4 is 0 Å². The first-order chi connectivity index (χ1) is 14.7. The third-order valence-corrected chi connectivity index (χ3v) is 8.79. The Morgan fingerprint density at radius 3 is 2.09 bits per heavy atom. The Labute approximate surface area is 186 Å². The van der Waals surface area contributed by atoms with Gasteiger partial charge in [0, 0.05) is 12.3 Å². The molecule has 4 fully saturated rings. The average molecular weight is 473 g/mol. The first kappa shape index (κ1) is 23.3. The van der Waals surface area contributed by atoms with Gasteiger partial charge in [-0.3, -0.25) is 0 Å². The van der Waals surface area contributed by atoms with Crippen molar-refractivity contribution in [3.05, 3.63) is 42.0 Å². The first-order valence-corrected chi connectivity index (χ1v) is 12.2. The van der Waals surface area contributed by atoms with Gasteiger partial charge in [-0.25, -0.2) is 8.98 Å². The highest BCUT2D eigenvalue weighted by Crippen LogP contribution is 2.65. The molecule has 4 saturated carbocycles. The molecule has 4 aliphatic carbocycles. The fourth-order valence-corrected chi connectivity index (χ4v) is 7.56. The van der Waals surface area contributed by atoms with Gasteiger partial charge in [-0.2, -0.15) is 21.6 Å². The fourth-order valence-electron chi connectivity index (χ4n) is 6.26. The van der Waals surface area contributed by atoms with E-state index in [0.717, 1.165) is 19.3 Å². The number of carbonyl (C=O) groups is 1. The molecule has 1 atom stereocenters. The van der Waals surface area contributed by atoms with Gasteiger partial charge in [0.2, 0.25) is 5.79 Å². The molecule has 0 aromatic heterocycles. The van der Waals surface area contributed by atoms with Crippen molar-refractivity contribution < 1.29 is 35.3 Å². The minimum atomic E-state index is -4.99. The van der Waals surface area contributed by atoms with E-state index in [4.69, 9.17) is 8.92 Å². The molecule has 32 heavy (non-hydrogen) atoms. The molecule has 0 aliphatic heterocycles. The van der Waals surface area contributed by atoms with E-state index in [1.807, 2.05) is 0 Å². The molecule has 1 unspecified atom stereocenters. The number of halogens is 3. The molecule has 0 radical (unpaired) electrons. The number of carbonyl (C=O) groups excluding carboxylic acids is 1. The van der Waals surface area contributed by atoms with Crippen LogP contribution in [0.15, 0.2) is 41.3 Å². The lowest BCUT2D eigenvalue weighted by Gasteiger charge is -2.61. The highest BCUT2D eigenvalue weighted by Gasteiger charge is 2.63. The zero-order valence-electron chi connectivity index (χ0n) is 18.1. The normalized spacial score (nSPS) is 31.2. The quantitative estimate of drug-likeness (QED) is 0.243. The monoisotopic (exact) mass is 472 g/mol. The van der Waals surface area contributed by atoms with Crippen molar-refractivity contribution in [3.8, 4) is 0 Å². The van der Waals surface area contributed by atoms with Crippen molar-refractivity contribution >= 4 is 16.1 Å². The zero-order chi connectivity index (χ0) is 23.5. The van der Waals surface area contributed by atoms with Crippen LogP contribution in [-0.4, -0.2) is 26.4 Å². The van der Waals surface area contributed by atoms with Crippen molar-refractivity contribution in [2.75, 3.05) is 0 Å². The van der Waals surface area contributed by atoms with E-state index in [1.54, 1.807) is 19.1 Å². The molecule has 1 aromatic carbocycles. The number of hydrogen-bond acceptors (Lipinski definition) is 5. The standard InChI is InChI=1S/C23H27F3O5S/c1-14-5-4-6-19(7-14)32(28,29)31-21(3,30-20(27)15(2)23(24,25)26)22-11-16-8-17(12-22)10-18(9-16)13-22/h4-7,16-18H,2,8-13H2,1,3H3. The molecular weight excluding hydrogens is 445 g/mol. The Kier molecular flexibility index (Phi) is 5.52. The minimum absolute atomic E-state index is 0.140. The third kappa shape index (κ3) is 4.09. The van der Waals surface area contributed by atoms with Crippen LogP contribution in [0.2, 0.25) is 0 Å². The molecule has 5 nitrogen and oxygen atoms in total. The molecule has 5 rings (SSSR count). The van der Waals surface area contributed by atoms with Gasteiger partial charge in [0.1, 0.15) is 5.57 Å². The van der Waals surface area contributed by atoms with Gasteiger partial charge < -0.3 is 4.74 Å². The van der Waals surface area contributed by atoms with Crippen LogP contribution in [0.3, 0.4) is 0 Å². The Hall–Kier alpha value is -1.87. The second-order valence-corrected chi connectivity index (χ2v) is 11.4. The van der Waals surface area contributed by atoms with E-state index >= 15 is 0 Å². The van der Waals surface area contributed by atoms with Crippen molar-refractivity contribution in [2.45, 2.75) is 69.2 Å². The maximum atomic E-state index is 13.2. The summed E-state index contributed by atoms with van der Waals surface area (Å²) in [6, 6.07) is 6.01. The Morgan fingerprint density at radius 1 is 1.09 bits per heavy atom. The Morgan fingerprint density at radius 2 is 1.62 bits per heavy atom. The first-order valence-electron chi connectivity index (χ1n) is 10.7. The lowest BCUT2D eigenvalue weighted by molar-refractivity contribution is -0.271. The summed E-state index contributed by atoms with van der Waals surface area (Å²) in [6.45, 7) is 5.83. The van der Waals surface area contributed by atoms with Crippen molar-refractivity contribution in [1.29, 1.82) is 0 Å². The highest BCUT2D eigenvalue weighted by atomic mass is 32.2. The summed E-state index contributed by atoms with van der Waals surface area (Å²) < 4.78 is 76.7. The smallest absolute Gasteiger partial charge is 0.422 e. The summed E-state index contributed by atoms with van der Waals surface area (Å²) in [5.41, 5.74) is -1.89. The van der Waals surface area contributed by atoms with E-state index in [-0.39, 0.29) is 4.90 Å². The maximum absolute atomic E-state index is 13.2. The van der Waals surface area contributed by atoms with Crippen LogP contribution in [0.4, 0.5) is 13.2 Å². The summed E-state index contributed by atoms with van der Waals surface area (Å²) in [6.07, 6.45) is -0.343. The van der Waals surface area contributed by atoms with Crippen LogP contribution in [-0.2, 0) is 23.8 Å². The fraction of sp³-hybridized carbons (Fsp3) is 0.609. The number of benzene rings is 1. The van der Waals surface area contributed by atoms with Crippen LogP contribution >= 0.6 is 0 Å². The van der Waals surface area contributed by atoms with Gasteiger partial charge in [-0.05, 0) is 80.9 Å². The molecule has 0 spiro atoms. The Bertz CT molecular complexity index is 1010. The average Bonchev–Trinajstić information content (AvgIpc) is 2.65. The highest BCUT2D eigenvalue weighted by molar-refractivity contribution is 7.86. The largest absolute Gasteiger partial charge is 0.428 e. The van der Waals surface area contributed by atoms with Crippen molar-refractivity contribution in [3.63, 3.8) is 0 Å². The van der Waals surface area contributed by atoms with Gasteiger partial charge in [0.15, 0.2) is 0 Å². The number of rotatable bonds is 6. The lowest BCUT2D eigenvalue weighted by atomic mass is 9.47. The number of hydrogen-bond donors (Lipinski definition) is 0. The van der Waals surface area contributed by atoms with Gasteiger partial charge in [0.05, 0.1) is 4.90 Å². The number of ether oxygens (including phenoxy) is 1. The molecule has 4 bridgehead atoms. The summed E-state index contributed by atoms with van der Waals surface area (Å²) in [4.78, 5) is 12.3. The van der Waals surface area contributed by atoms with E-state index in [1.165, 1.54) is 19.1 Å². The molecule has 4 aliphatic rings. The van der Waals surface area contributed by atoms with E-state index in [2.05, 4.69) is 6.58 Å². The maximum Gasteiger partial charge on any atom is 0.422 e. The molecule has 0 N–H and O–H groups in total. The summed E-state index contributed by atoms with van der Waals surface area (Å²) in [5, 5.41) is 0. The number of alkyl halides is 3. The number of esters is 1. The zero-order valence-corrected chi connectivity index (χ0v) is 18.9.